The lowest BCUT2D eigenvalue weighted by Crippen LogP contribution is -2.61. The van der Waals surface area contributed by atoms with Crippen LogP contribution in [-0.4, -0.2) is 90.3 Å². The van der Waals surface area contributed by atoms with Crippen LogP contribution >= 0.6 is 0 Å². The van der Waals surface area contributed by atoms with E-state index in [9.17, 15) is 19.5 Å². The molecule has 1 aromatic heterocycles. The molecule has 0 saturated carbocycles. The van der Waals surface area contributed by atoms with Gasteiger partial charge in [-0.1, -0.05) is 30.3 Å². The van der Waals surface area contributed by atoms with Crippen molar-refractivity contribution in [2.75, 3.05) is 26.2 Å². The number of imidazole rings is 1. The highest BCUT2D eigenvalue weighted by Crippen LogP contribution is 2.24. The van der Waals surface area contributed by atoms with Gasteiger partial charge in [0, 0.05) is 38.1 Å². The molecule has 3 amide bonds. The number of carboxylic acid groups (broad SMARTS) is 1. The predicted molar refractivity (Wildman–Crippen MR) is 125 cm³/mol. The number of hydrogen-bond donors (Lipinski definition) is 1. The van der Waals surface area contributed by atoms with Gasteiger partial charge >= 0.3 is 12.1 Å². The van der Waals surface area contributed by atoms with E-state index < -0.39 is 17.7 Å². The number of nitrogens with zero attached hydrogens (tertiary/aromatic N) is 6. The molecule has 1 N–H and O–H groups in total. The van der Waals surface area contributed by atoms with Crippen LogP contribution in [0.5, 0.6) is 0 Å². The smallest absolute Gasteiger partial charge is 0.408 e. The predicted octanol–water partition coefficient (Wildman–Crippen LogP) is 2.42. The van der Waals surface area contributed by atoms with E-state index in [2.05, 4.69) is 4.98 Å². The maximum atomic E-state index is 13.7. The Balaban J connectivity index is 1.48. The summed E-state index contributed by atoms with van der Waals surface area (Å²) in [6, 6.07) is 8.52. The van der Waals surface area contributed by atoms with Crippen molar-refractivity contribution in [3.63, 3.8) is 0 Å². The summed E-state index contributed by atoms with van der Waals surface area (Å²) in [6.45, 7) is 9.49. The summed E-state index contributed by atoms with van der Waals surface area (Å²) >= 11 is 0. The average Bonchev–Trinajstić information content (AvgIpc) is 3.32. The number of carbonyl (C=O) groups excluding carboxylic acids is 2. The monoisotopic (exact) mass is 468 g/mol. The Kier molecular flexibility index (Phi) is 6.35. The first-order chi connectivity index (χ1) is 16.1. The van der Waals surface area contributed by atoms with Gasteiger partial charge in [0.15, 0.2) is 0 Å². The molecule has 1 atom stereocenters. The van der Waals surface area contributed by atoms with Crippen molar-refractivity contribution < 1.29 is 19.5 Å². The fourth-order valence-electron chi connectivity index (χ4n) is 4.80. The van der Waals surface area contributed by atoms with E-state index in [0.717, 1.165) is 11.3 Å². The maximum absolute atomic E-state index is 13.7. The highest BCUT2D eigenvalue weighted by Gasteiger charge is 2.41. The quantitative estimate of drug-likeness (QED) is 0.723. The van der Waals surface area contributed by atoms with Gasteiger partial charge in [0.25, 0.3) is 0 Å². The minimum Gasteiger partial charge on any atom is -0.465 e. The molecule has 34 heavy (non-hydrogen) atoms. The van der Waals surface area contributed by atoms with Crippen molar-refractivity contribution in [2.45, 2.75) is 52.2 Å². The van der Waals surface area contributed by atoms with Crippen LogP contribution in [0.4, 0.5) is 9.59 Å². The van der Waals surface area contributed by atoms with Crippen LogP contribution in [-0.2, 0) is 17.8 Å². The zero-order chi connectivity index (χ0) is 24.6. The molecule has 2 aliphatic rings. The molecule has 0 aliphatic carbocycles. The first kappa shape index (κ1) is 23.7. The fourth-order valence-corrected chi connectivity index (χ4v) is 4.80. The standard InChI is InChI=1S/C24H32N6O4/c1-17-25-15-19-16-28(22(32)29(17)19)27-12-10-26(11-13-27)21(31)20(14-18-8-6-5-7-9-18)30(23(33)34)24(2,3)4/h5-9,15,20H,10-14,16H2,1-4H3,(H,33,34)/t20-/m1/s1. The Bertz CT molecular complexity index is 1070. The normalized spacial score (nSPS) is 17.6. The molecule has 182 valence electrons. The third-order valence-electron chi connectivity index (χ3n) is 6.44. The summed E-state index contributed by atoms with van der Waals surface area (Å²) in [7, 11) is 0. The number of hydrazine groups is 1. The minimum atomic E-state index is -1.12. The van der Waals surface area contributed by atoms with Crippen LogP contribution in [0.15, 0.2) is 36.5 Å². The third kappa shape index (κ3) is 4.50. The number of rotatable bonds is 5. The summed E-state index contributed by atoms with van der Waals surface area (Å²) in [6.07, 6.45) is 0.901. The molecule has 1 fully saturated rings. The second-order valence-corrected chi connectivity index (χ2v) is 9.78. The molecule has 3 heterocycles. The third-order valence-corrected chi connectivity index (χ3v) is 6.44. The van der Waals surface area contributed by atoms with Gasteiger partial charge in [-0.2, -0.15) is 0 Å². The topological polar surface area (TPSA) is 102 Å². The lowest BCUT2D eigenvalue weighted by molar-refractivity contribution is -0.142. The van der Waals surface area contributed by atoms with Crippen LogP contribution in [0.2, 0.25) is 0 Å². The van der Waals surface area contributed by atoms with Crippen LogP contribution in [0, 0.1) is 6.92 Å². The minimum absolute atomic E-state index is 0.128. The summed E-state index contributed by atoms with van der Waals surface area (Å²) in [5.74, 6) is 0.455. The molecule has 10 heteroatoms. The summed E-state index contributed by atoms with van der Waals surface area (Å²) in [4.78, 5) is 45.9. The Morgan fingerprint density at radius 2 is 1.76 bits per heavy atom. The van der Waals surface area contributed by atoms with E-state index in [0.29, 0.717) is 45.0 Å². The summed E-state index contributed by atoms with van der Waals surface area (Å²) in [5.41, 5.74) is 1.01. The highest BCUT2D eigenvalue weighted by molar-refractivity contribution is 5.86. The number of fused-ring (bicyclic) bond motifs is 1. The Morgan fingerprint density at radius 3 is 2.32 bits per heavy atom. The van der Waals surface area contributed by atoms with Gasteiger partial charge < -0.3 is 10.0 Å². The van der Waals surface area contributed by atoms with Crippen molar-refractivity contribution in [1.29, 1.82) is 0 Å². The van der Waals surface area contributed by atoms with E-state index in [1.807, 2.05) is 35.3 Å². The van der Waals surface area contributed by atoms with Gasteiger partial charge in [0.1, 0.15) is 11.9 Å². The molecule has 1 aromatic carbocycles. The number of aryl methyl sites for hydroxylation is 1. The van der Waals surface area contributed by atoms with Gasteiger partial charge in [-0.15, -0.1) is 0 Å². The SMILES string of the molecule is Cc1ncc2n1C(=O)N(N1CCN(C(=O)[C@@H](Cc3ccccc3)N(C(=O)O)C(C)(C)C)CC1)C2. The van der Waals surface area contributed by atoms with Crippen LogP contribution in [0.3, 0.4) is 0 Å². The van der Waals surface area contributed by atoms with Crippen LogP contribution in [0.1, 0.15) is 37.9 Å². The van der Waals surface area contributed by atoms with E-state index >= 15 is 0 Å². The zero-order valence-electron chi connectivity index (χ0n) is 20.1. The molecule has 2 aromatic rings. The summed E-state index contributed by atoms with van der Waals surface area (Å²) in [5, 5.41) is 13.7. The number of carbonyl (C=O) groups is 3. The van der Waals surface area contributed by atoms with Crippen molar-refractivity contribution in [2.24, 2.45) is 0 Å². The van der Waals surface area contributed by atoms with Crippen molar-refractivity contribution in [1.82, 2.24) is 29.4 Å². The lowest BCUT2D eigenvalue weighted by Gasteiger charge is -2.43. The first-order valence-corrected chi connectivity index (χ1v) is 11.5. The van der Waals surface area contributed by atoms with Gasteiger partial charge in [-0.25, -0.2) is 24.1 Å². The molecule has 10 nitrogen and oxygen atoms in total. The number of aromatic nitrogens is 2. The van der Waals surface area contributed by atoms with E-state index in [1.54, 1.807) is 48.4 Å². The second kappa shape index (κ2) is 9.09. The van der Waals surface area contributed by atoms with Gasteiger partial charge in [0.2, 0.25) is 5.91 Å². The van der Waals surface area contributed by atoms with Crippen LogP contribution in [0.25, 0.3) is 0 Å². The fraction of sp³-hybridized carbons (Fsp3) is 0.500. The molecule has 4 rings (SSSR count). The molecule has 2 aliphatic heterocycles. The zero-order valence-corrected chi connectivity index (χ0v) is 20.1. The molecule has 0 bridgehead atoms. The van der Waals surface area contributed by atoms with Gasteiger partial charge in [-0.05, 0) is 33.3 Å². The van der Waals surface area contributed by atoms with E-state index in [-0.39, 0.29) is 11.9 Å². The molecular weight excluding hydrogens is 436 g/mol. The van der Waals surface area contributed by atoms with Gasteiger partial charge in [0.05, 0.1) is 18.4 Å². The first-order valence-electron chi connectivity index (χ1n) is 11.5. The number of amides is 3. The maximum Gasteiger partial charge on any atom is 0.408 e. The molecule has 0 unspecified atom stereocenters. The van der Waals surface area contributed by atoms with Crippen molar-refractivity contribution >= 4 is 18.0 Å². The van der Waals surface area contributed by atoms with Crippen molar-refractivity contribution in [3.05, 3.63) is 53.6 Å². The van der Waals surface area contributed by atoms with Crippen molar-refractivity contribution in [3.8, 4) is 0 Å². The van der Waals surface area contributed by atoms with E-state index in [4.69, 9.17) is 0 Å². The number of benzene rings is 1. The Labute approximate surface area is 199 Å². The van der Waals surface area contributed by atoms with Crippen LogP contribution < -0.4 is 0 Å². The number of piperazine rings is 1. The average molecular weight is 469 g/mol. The molecular formula is C24H32N6O4. The van der Waals surface area contributed by atoms with Gasteiger partial charge in [-0.3, -0.25) is 14.7 Å². The summed E-state index contributed by atoms with van der Waals surface area (Å²) < 4.78 is 1.61. The Hall–Kier alpha value is -3.40. The second-order valence-electron chi connectivity index (χ2n) is 9.78. The molecule has 0 radical (unpaired) electrons. The molecule has 1 saturated heterocycles. The van der Waals surface area contributed by atoms with E-state index in [1.165, 1.54) is 4.90 Å². The molecule has 0 spiro atoms. The number of hydrogen-bond acceptors (Lipinski definition) is 5. The largest absolute Gasteiger partial charge is 0.465 e. The highest BCUT2D eigenvalue weighted by atomic mass is 16.4. The Morgan fingerprint density at radius 1 is 1.12 bits per heavy atom. The lowest BCUT2D eigenvalue weighted by atomic mass is 9.97.